The predicted octanol–water partition coefficient (Wildman–Crippen LogP) is 2.15. The molecule has 1 N–H and O–H groups in total. The van der Waals surface area contributed by atoms with Gasteiger partial charge in [-0.25, -0.2) is 9.48 Å². The predicted molar refractivity (Wildman–Crippen MR) is 73.6 cm³/mol. The lowest BCUT2D eigenvalue weighted by Crippen LogP contribution is -2.05. The Morgan fingerprint density at radius 2 is 2.10 bits per heavy atom. The van der Waals surface area contributed by atoms with Crippen LogP contribution in [0, 0.1) is 0 Å². The van der Waals surface area contributed by atoms with Gasteiger partial charge in [0.15, 0.2) is 5.69 Å². The Morgan fingerprint density at radius 3 is 2.75 bits per heavy atom. The maximum atomic E-state index is 11.3. The van der Waals surface area contributed by atoms with Gasteiger partial charge in [-0.2, -0.15) is 0 Å². The average molecular weight is 286 g/mol. The monoisotopic (exact) mass is 286 g/mol. The number of aromatic nitrogens is 4. The largest absolute Gasteiger partial charge is 0.476 e. The van der Waals surface area contributed by atoms with Gasteiger partial charge >= 0.3 is 5.97 Å². The van der Waals surface area contributed by atoms with Crippen molar-refractivity contribution in [2.45, 2.75) is 6.54 Å². The van der Waals surface area contributed by atoms with Gasteiger partial charge in [-0.3, -0.25) is 4.98 Å². The number of rotatable bonds is 4. The highest BCUT2D eigenvalue weighted by Gasteiger charge is 2.20. The van der Waals surface area contributed by atoms with Crippen LogP contribution in [0.15, 0.2) is 42.0 Å². The first-order valence-electron chi connectivity index (χ1n) is 5.85. The maximum absolute atomic E-state index is 11.3. The average Bonchev–Trinajstić information content (AvgIpc) is 3.09. The Bertz CT molecular complexity index is 722. The van der Waals surface area contributed by atoms with E-state index in [2.05, 4.69) is 15.3 Å². The second-order valence-corrected chi connectivity index (χ2v) is 5.10. The first-order chi connectivity index (χ1) is 9.75. The van der Waals surface area contributed by atoms with E-state index < -0.39 is 5.97 Å². The van der Waals surface area contributed by atoms with E-state index in [9.17, 15) is 9.90 Å². The molecule has 0 aliphatic heterocycles. The molecule has 3 rings (SSSR count). The first kappa shape index (κ1) is 12.5. The van der Waals surface area contributed by atoms with Crippen molar-refractivity contribution >= 4 is 17.3 Å². The summed E-state index contributed by atoms with van der Waals surface area (Å²) in [4.78, 5) is 16.3. The van der Waals surface area contributed by atoms with Gasteiger partial charge in [0.2, 0.25) is 0 Å². The molecule has 6 nitrogen and oxygen atoms in total. The minimum atomic E-state index is -1.09. The summed E-state index contributed by atoms with van der Waals surface area (Å²) < 4.78 is 1.60. The van der Waals surface area contributed by atoms with Crippen molar-refractivity contribution in [3.05, 3.63) is 52.6 Å². The van der Waals surface area contributed by atoms with Crippen LogP contribution in [-0.2, 0) is 6.54 Å². The molecule has 20 heavy (non-hydrogen) atoms. The summed E-state index contributed by atoms with van der Waals surface area (Å²) in [5.74, 6) is -1.09. The van der Waals surface area contributed by atoms with Crippen molar-refractivity contribution in [2.75, 3.05) is 0 Å². The summed E-state index contributed by atoms with van der Waals surface area (Å²) in [5.41, 5.74) is 1.18. The van der Waals surface area contributed by atoms with Crippen LogP contribution in [0.4, 0.5) is 0 Å². The Balaban J connectivity index is 2.09. The minimum absolute atomic E-state index is 0.0484. The fraction of sp³-hybridized carbons (Fsp3) is 0.0769. The molecule has 0 aliphatic carbocycles. The number of pyridine rings is 1. The highest BCUT2D eigenvalue weighted by Crippen LogP contribution is 2.23. The van der Waals surface area contributed by atoms with Crippen LogP contribution >= 0.6 is 11.3 Å². The van der Waals surface area contributed by atoms with E-state index >= 15 is 0 Å². The molecule has 0 saturated carbocycles. The van der Waals surface area contributed by atoms with E-state index in [1.807, 2.05) is 17.5 Å². The second-order valence-electron chi connectivity index (χ2n) is 4.06. The van der Waals surface area contributed by atoms with Crippen LogP contribution in [0.25, 0.3) is 11.3 Å². The summed E-state index contributed by atoms with van der Waals surface area (Å²) in [6.07, 6.45) is 3.23. The van der Waals surface area contributed by atoms with E-state index in [0.717, 1.165) is 10.4 Å². The van der Waals surface area contributed by atoms with Gasteiger partial charge in [0.25, 0.3) is 0 Å². The normalized spacial score (nSPS) is 10.6. The standard InChI is InChI=1S/C13H10N4O2S/c18-13(19)11-12(9-3-5-14-6-4-9)17(16-15-11)8-10-2-1-7-20-10/h1-7H,8H2,(H,18,19). The van der Waals surface area contributed by atoms with Crippen molar-refractivity contribution in [3.8, 4) is 11.3 Å². The van der Waals surface area contributed by atoms with Crippen LogP contribution in [0.1, 0.15) is 15.4 Å². The Morgan fingerprint density at radius 1 is 1.30 bits per heavy atom. The van der Waals surface area contributed by atoms with Crippen molar-refractivity contribution < 1.29 is 9.90 Å². The molecule has 0 fully saturated rings. The zero-order valence-corrected chi connectivity index (χ0v) is 11.1. The lowest BCUT2D eigenvalue weighted by Gasteiger charge is -2.05. The topological polar surface area (TPSA) is 80.9 Å². The molecule has 100 valence electrons. The third-order valence-corrected chi connectivity index (χ3v) is 3.64. The molecular weight excluding hydrogens is 276 g/mol. The Labute approximate surface area is 118 Å². The SMILES string of the molecule is O=C(O)c1nnn(Cc2cccs2)c1-c1ccncc1. The molecule has 0 aliphatic rings. The molecular formula is C13H10N4O2S. The minimum Gasteiger partial charge on any atom is -0.476 e. The van der Waals surface area contributed by atoms with Crippen LogP contribution in [0.3, 0.4) is 0 Å². The molecule has 0 atom stereocenters. The molecule has 0 saturated heterocycles. The van der Waals surface area contributed by atoms with Crippen molar-refractivity contribution in [1.29, 1.82) is 0 Å². The van der Waals surface area contributed by atoms with Crippen LogP contribution in [0.2, 0.25) is 0 Å². The maximum Gasteiger partial charge on any atom is 0.358 e. The van der Waals surface area contributed by atoms with Gasteiger partial charge in [-0.15, -0.1) is 16.4 Å². The van der Waals surface area contributed by atoms with E-state index in [4.69, 9.17) is 0 Å². The van der Waals surface area contributed by atoms with Gasteiger partial charge in [0.05, 0.1) is 6.54 Å². The molecule has 0 radical (unpaired) electrons. The van der Waals surface area contributed by atoms with Gasteiger partial charge in [0.1, 0.15) is 5.69 Å². The first-order valence-corrected chi connectivity index (χ1v) is 6.73. The lowest BCUT2D eigenvalue weighted by molar-refractivity contribution is 0.0691. The highest BCUT2D eigenvalue weighted by atomic mass is 32.1. The molecule has 3 aromatic heterocycles. The van der Waals surface area contributed by atoms with Gasteiger partial charge in [-0.1, -0.05) is 11.3 Å². The van der Waals surface area contributed by atoms with E-state index in [0.29, 0.717) is 12.2 Å². The Hall–Kier alpha value is -2.54. The van der Waals surface area contributed by atoms with Crippen LogP contribution < -0.4 is 0 Å². The molecule has 0 amide bonds. The summed E-state index contributed by atoms with van der Waals surface area (Å²) in [6.45, 7) is 0.496. The molecule has 3 heterocycles. The van der Waals surface area contributed by atoms with E-state index in [1.54, 1.807) is 40.5 Å². The number of hydrogen-bond donors (Lipinski definition) is 1. The zero-order chi connectivity index (χ0) is 13.9. The van der Waals surface area contributed by atoms with Crippen LogP contribution in [0.5, 0.6) is 0 Å². The Kier molecular flexibility index (Phi) is 3.26. The highest BCUT2D eigenvalue weighted by molar-refractivity contribution is 7.09. The van der Waals surface area contributed by atoms with Crippen molar-refractivity contribution in [3.63, 3.8) is 0 Å². The molecule has 0 aromatic carbocycles. The molecule has 0 unspecified atom stereocenters. The molecule has 0 bridgehead atoms. The summed E-state index contributed by atoms with van der Waals surface area (Å²) in [7, 11) is 0. The molecule has 3 aromatic rings. The number of carboxylic acids is 1. The number of carboxylic acid groups (broad SMARTS) is 1. The number of carbonyl (C=O) groups is 1. The fourth-order valence-corrected chi connectivity index (χ4v) is 2.60. The van der Waals surface area contributed by atoms with Gasteiger partial charge in [0, 0.05) is 22.8 Å². The lowest BCUT2D eigenvalue weighted by atomic mass is 10.1. The third-order valence-electron chi connectivity index (χ3n) is 2.78. The summed E-state index contributed by atoms with van der Waals surface area (Å²) in [5, 5.41) is 18.9. The summed E-state index contributed by atoms with van der Waals surface area (Å²) in [6, 6.07) is 7.41. The number of thiophene rings is 1. The van der Waals surface area contributed by atoms with E-state index in [-0.39, 0.29) is 5.69 Å². The molecule has 0 spiro atoms. The quantitative estimate of drug-likeness (QED) is 0.794. The van der Waals surface area contributed by atoms with Gasteiger partial charge < -0.3 is 5.11 Å². The second kappa shape index (κ2) is 5.22. The summed E-state index contributed by atoms with van der Waals surface area (Å²) >= 11 is 1.59. The number of hydrogen-bond acceptors (Lipinski definition) is 5. The van der Waals surface area contributed by atoms with Crippen molar-refractivity contribution in [2.24, 2.45) is 0 Å². The van der Waals surface area contributed by atoms with E-state index in [1.165, 1.54) is 0 Å². The third kappa shape index (κ3) is 2.30. The number of aromatic carboxylic acids is 1. The van der Waals surface area contributed by atoms with Crippen molar-refractivity contribution in [1.82, 2.24) is 20.0 Å². The number of nitrogens with zero attached hydrogens (tertiary/aromatic N) is 4. The van der Waals surface area contributed by atoms with Gasteiger partial charge in [-0.05, 0) is 23.6 Å². The molecule has 7 heteroatoms. The fourth-order valence-electron chi connectivity index (χ4n) is 1.91. The zero-order valence-electron chi connectivity index (χ0n) is 10.3. The smallest absolute Gasteiger partial charge is 0.358 e. The van der Waals surface area contributed by atoms with Crippen LogP contribution in [-0.4, -0.2) is 31.1 Å².